The van der Waals surface area contributed by atoms with Crippen molar-refractivity contribution in [1.82, 2.24) is 4.90 Å². The SMILES string of the molecule is CC(=O)c1cccc(NC(=O)CSC(=Nc2ccccc2)N2CCOCC2)c1. The standard InChI is InChI=1S/C21H23N3O3S/c1-16(25)17-6-5-9-19(14-17)22-20(26)15-28-21(24-10-12-27-13-11-24)23-18-7-3-2-4-8-18/h2-9,14H,10-13,15H2,1H3,(H,22,26). The van der Waals surface area contributed by atoms with Crippen LogP contribution in [-0.4, -0.2) is 53.8 Å². The van der Waals surface area contributed by atoms with Crippen LogP contribution >= 0.6 is 11.8 Å². The van der Waals surface area contributed by atoms with Gasteiger partial charge in [-0.3, -0.25) is 9.59 Å². The first-order chi connectivity index (χ1) is 13.6. The Hall–Kier alpha value is -2.64. The molecule has 1 fully saturated rings. The summed E-state index contributed by atoms with van der Waals surface area (Å²) in [4.78, 5) is 30.8. The van der Waals surface area contributed by atoms with Crippen molar-refractivity contribution in [3.8, 4) is 0 Å². The van der Waals surface area contributed by atoms with Gasteiger partial charge in [0.05, 0.1) is 24.7 Å². The molecular weight excluding hydrogens is 374 g/mol. The molecule has 2 aromatic carbocycles. The predicted octanol–water partition coefficient (Wildman–Crippen LogP) is 3.58. The average Bonchev–Trinajstić information content (AvgIpc) is 2.72. The van der Waals surface area contributed by atoms with E-state index < -0.39 is 0 Å². The lowest BCUT2D eigenvalue weighted by Gasteiger charge is -2.29. The highest BCUT2D eigenvalue weighted by Crippen LogP contribution is 2.19. The lowest BCUT2D eigenvalue weighted by atomic mass is 10.1. The average molecular weight is 398 g/mol. The lowest BCUT2D eigenvalue weighted by molar-refractivity contribution is -0.113. The van der Waals surface area contributed by atoms with Gasteiger partial charge in [0.15, 0.2) is 11.0 Å². The molecule has 1 saturated heterocycles. The quantitative estimate of drug-likeness (QED) is 0.474. The Bertz CT molecular complexity index is 849. The largest absolute Gasteiger partial charge is 0.378 e. The number of Topliss-reactive ketones (excluding diaryl/α,β-unsaturated/α-hetero) is 1. The van der Waals surface area contributed by atoms with Gasteiger partial charge < -0.3 is 15.0 Å². The number of carbonyl (C=O) groups excluding carboxylic acids is 2. The molecule has 2 aromatic rings. The van der Waals surface area contributed by atoms with Gasteiger partial charge in [0, 0.05) is 24.3 Å². The molecule has 1 heterocycles. The van der Waals surface area contributed by atoms with E-state index in [0.717, 1.165) is 23.9 Å². The van der Waals surface area contributed by atoms with Gasteiger partial charge in [0.1, 0.15) is 0 Å². The molecule has 7 heteroatoms. The van der Waals surface area contributed by atoms with Crippen LogP contribution in [0.3, 0.4) is 0 Å². The Morgan fingerprint density at radius 1 is 1.11 bits per heavy atom. The smallest absolute Gasteiger partial charge is 0.234 e. The van der Waals surface area contributed by atoms with Crippen LogP contribution in [0.15, 0.2) is 59.6 Å². The van der Waals surface area contributed by atoms with E-state index in [-0.39, 0.29) is 17.4 Å². The highest BCUT2D eigenvalue weighted by atomic mass is 32.2. The van der Waals surface area contributed by atoms with E-state index in [1.807, 2.05) is 30.3 Å². The maximum absolute atomic E-state index is 12.4. The number of benzene rings is 2. The van der Waals surface area contributed by atoms with E-state index in [1.165, 1.54) is 18.7 Å². The van der Waals surface area contributed by atoms with E-state index in [9.17, 15) is 9.59 Å². The Morgan fingerprint density at radius 3 is 2.57 bits per heavy atom. The van der Waals surface area contributed by atoms with Gasteiger partial charge in [-0.2, -0.15) is 0 Å². The molecule has 0 spiro atoms. The molecule has 1 amide bonds. The van der Waals surface area contributed by atoms with Crippen LogP contribution in [0.5, 0.6) is 0 Å². The minimum Gasteiger partial charge on any atom is -0.378 e. The number of thioether (sulfide) groups is 1. The lowest BCUT2D eigenvalue weighted by Crippen LogP contribution is -2.39. The minimum atomic E-state index is -0.139. The summed E-state index contributed by atoms with van der Waals surface area (Å²) in [5, 5.41) is 3.66. The molecule has 0 aliphatic carbocycles. The second kappa shape index (κ2) is 10.1. The number of nitrogens with one attached hydrogen (secondary N) is 1. The fourth-order valence-electron chi connectivity index (χ4n) is 2.70. The van der Waals surface area contributed by atoms with Crippen LogP contribution < -0.4 is 5.32 Å². The summed E-state index contributed by atoms with van der Waals surface area (Å²) < 4.78 is 5.42. The monoisotopic (exact) mass is 397 g/mol. The van der Waals surface area contributed by atoms with Crippen molar-refractivity contribution in [1.29, 1.82) is 0 Å². The second-order valence-corrected chi connectivity index (χ2v) is 7.25. The first-order valence-corrected chi connectivity index (χ1v) is 10.1. The summed E-state index contributed by atoms with van der Waals surface area (Å²) in [5.74, 6) is 0.0580. The van der Waals surface area contributed by atoms with Crippen molar-refractivity contribution in [2.75, 3.05) is 37.4 Å². The van der Waals surface area contributed by atoms with Crippen molar-refractivity contribution >= 4 is 40.0 Å². The van der Waals surface area contributed by atoms with Crippen molar-refractivity contribution in [3.05, 3.63) is 60.2 Å². The molecule has 3 rings (SSSR count). The highest BCUT2D eigenvalue weighted by Gasteiger charge is 2.17. The molecule has 0 aromatic heterocycles. The van der Waals surface area contributed by atoms with Crippen LogP contribution in [0.2, 0.25) is 0 Å². The second-order valence-electron chi connectivity index (χ2n) is 6.30. The number of ether oxygens (including phenoxy) is 1. The Balaban J connectivity index is 1.65. The summed E-state index contributed by atoms with van der Waals surface area (Å²) in [6.45, 7) is 4.31. The third kappa shape index (κ3) is 5.94. The van der Waals surface area contributed by atoms with Crippen LogP contribution in [0.4, 0.5) is 11.4 Å². The predicted molar refractivity (Wildman–Crippen MR) is 113 cm³/mol. The van der Waals surface area contributed by atoms with Crippen molar-refractivity contribution in [3.63, 3.8) is 0 Å². The van der Waals surface area contributed by atoms with Crippen LogP contribution in [-0.2, 0) is 9.53 Å². The third-order valence-corrected chi connectivity index (χ3v) is 5.16. The molecule has 0 bridgehead atoms. The number of amidine groups is 1. The zero-order valence-corrected chi connectivity index (χ0v) is 16.6. The van der Waals surface area contributed by atoms with E-state index in [2.05, 4.69) is 10.2 Å². The molecule has 146 valence electrons. The molecule has 1 aliphatic rings. The number of carbonyl (C=O) groups is 2. The highest BCUT2D eigenvalue weighted by molar-refractivity contribution is 8.14. The van der Waals surface area contributed by atoms with Gasteiger partial charge in [0.25, 0.3) is 0 Å². The van der Waals surface area contributed by atoms with Crippen molar-refractivity contribution in [2.45, 2.75) is 6.92 Å². The van der Waals surface area contributed by atoms with E-state index in [1.54, 1.807) is 24.3 Å². The summed E-state index contributed by atoms with van der Waals surface area (Å²) in [5.41, 5.74) is 2.04. The maximum Gasteiger partial charge on any atom is 0.234 e. The molecule has 1 N–H and O–H groups in total. The van der Waals surface area contributed by atoms with Crippen LogP contribution in [0.1, 0.15) is 17.3 Å². The number of para-hydroxylation sites is 1. The van der Waals surface area contributed by atoms with Gasteiger partial charge in [-0.1, -0.05) is 42.1 Å². The molecule has 6 nitrogen and oxygen atoms in total. The first kappa shape index (κ1) is 20.1. The van der Waals surface area contributed by atoms with E-state index in [0.29, 0.717) is 24.5 Å². The number of anilines is 1. The van der Waals surface area contributed by atoms with E-state index >= 15 is 0 Å². The normalized spacial score (nSPS) is 14.6. The summed E-state index contributed by atoms with van der Waals surface area (Å²) in [7, 11) is 0. The molecule has 0 atom stereocenters. The third-order valence-electron chi connectivity index (χ3n) is 4.15. The Morgan fingerprint density at radius 2 is 1.86 bits per heavy atom. The van der Waals surface area contributed by atoms with Gasteiger partial charge in [-0.25, -0.2) is 4.99 Å². The van der Waals surface area contributed by atoms with Gasteiger partial charge in [-0.15, -0.1) is 0 Å². The molecule has 0 saturated carbocycles. The van der Waals surface area contributed by atoms with Crippen molar-refractivity contribution in [2.24, 2.45) is 4.99 Å². The number of nitrogens with zero attached hydrogens (tertiary/aromatic N) is 2. The molecule has 1 aliphatic heterocycles. The number of morpholine rings is 1. The first-order valence-electron chi connectivity index (χ1n) is 9.12. The Kier molecular flexibility index (Phi) is 7.22. The number of hydrogen-bond donors (Lipinski definition) is 1. The molecule has 28 heavy (non-hydrogen) atoms. The van der Waals surface area contributed by atoms with Gasteiger partial charge >= 0.3 is 0 Å². The fraction of sp³-hybridized carbons (Fsp3) is 0.286. The van der Waals surface area contributed by atoms with Gasteiger partial charge in [0.2, 0.25) is 5.91 Å². The zero-order chi connectivity index (χ0) is 19.8. The molecule has 0 unspecified atom stereocenters. The summed E-state index contributed by atoms with van der Waals surface area (Å²) in [6.07, 6.45) is 0. The number of hydrogen-bond acceptors (Lipinski definition) is 5. The van der Waals surface area contributed by atoms with Crippen LogP contribution in [0, 0.1) is 0 Å². The van der Waals surface area contributed by atoms with Crippen LogP contribution in [0.25, 0.3) is 0 Å². The molecular formula is C21H23N3O3S. The maximum atomic E-state index is 12.4. The molecule has 0 radical (unpaired) electrons. The van der Waals surface area contributed by atoms with Crippen molar-refractivity contribution < 1.29 is 14.3 Å². The van der Waals surface area contributed by atoms with E-state index in [4.69, 9.17) is 9.73 Å². The minimum absolute atomic E-state index is 0.0323. The summed E-state index contributed by atoms with van der Waals surface area (Å²) >= 11 is 1.40. The summed E-state index contributed by atoms with van der Waals surface area (Å²) in [6, 6.07) is 16.7. The topological polar surface area (TPSA) is 71.0 Å². The number of amides is 1. The number of ketones is 1. The number of rotatable bonds is 5. The van der Waals surface area contributed by atoms with Gasteiger partial charge in [-0.05, 0) is 31.2 Å². The number of aliphatic imine (C=N–C) groups is 1. The Labute approximate surface area is 169 Å². The fourth-order valence-corrected chi connectivity index (χ4v) is 3.57. The zero-order valence-electron chi connectivity index (χ0n) is 15.8.